The Labute approximate surface area is 276 Å². The van der Waals surface area contributed by atoms with Crippen LogP contribution in [0.3, 0.4) is 0 Å². The van der Waals surface area contributed by atoms with Gasteiger partial charge in [0, 0.05) is 67.7 Å². The summed E-state index contributed by atoms with van der Waals surface area (Å²) < 4.78 is 22.5. The second-order valence-electron chi connectivity index (χ2n) is 15.7. The normalized spacial score (nSPS) is 23.4. The van der Waals surface area contributed by atoms with Crippen LogP contribution in [-0.2, 0) is 27.9 Å². The number of nitrogens with zero attached hydrogens (tertiary/aromatic N) is 6. The molecule has 256 valence electrons. The molecule has 47 heavy (non-hydrogen) atoms. The average molecular weight is 652 g/mol. The Hall–Kier alpha value is -3.16. The fraction of sp³-hybridized carbons (Fsp3) is 0.629. The number of nitrogens with one attached hydrogen (secondary N) is 1. The Morgan fingerprint density at radius 1 is 1.19 bits per heavy atom. The number of ether oxygens (including phenoxy) is 1. The molecular weight excluding hydrogens is 601 g/mol. The zero-order chi connectivity index (χ0) is 33.9. The van der Waals surface area contributed by atoms with E-state index in [-0.39, 0.29) is 48.1 Å². The Balaban J connectivity index is 1.37. The first-order valence-corrected chi connectivity index (χ1v) is 16.8. The van der Waals surface area contributed by atoms with Crippen LogP contribution in [0.5, 0.6) is 0 Å². The van der Waals surface area contributed by atoms with Gasteiger partial charge < -0.3 is 20.1 Å². The minimum Gasteiger partial charge on any atom is -0.389 e. The molecule has 12 heteroatoms. The van der Waals surface area contributed by atoms with E-state index in [1.807, 2.05) is 24.8 Å². The Morgan fingerprint density at radius 3 is 2.60 bits per heavy atom. The Kier molecular flexibility index (Phi) is 8.88. The van der Waals surface area contributed by atoms with Crippen LogP contribution < -0.4 is 15.9 Å². The highest BCUT2D eigenvalue weighted by molar-refractivity contribution is 5.98. The number of amides is 1. The van der Waals surface area contributed by atoms with Gasteiger partial charge in [-0.3, -0.25) is 14.6 Å². The minimum absolute atomic E-state index is 0.0128. The SMILES string of the molecule is C[C@@H]1CN(CC(=O)N2CC(C)(C)c3c2cc(Cc2ccc(F)cc2)c2nn(CC(C)(C)O)c(=O)n32)[C@@H](CN2CCOCC2(C)C)CN1. The van der Waals surface area contributed by atoms with E-state index in [2.05, 4.69) is 35.9 Å². The summed E-state index contributed by atoms with van der Waals surface area (Å²) in [6, 6.07) is 8.67. The van der Waals surface area contributed by atoms with Gasteiger partial charge in [-0.05, 0) is 58.4 Å². The Morgan fingerprint density at radius 2 is 1.91 bits per heavy atom. The molecule has 2 N–H and O–H groups in total. The number of aromatic nitrogens is 3. The standard InChI is InChI=1S/C35H50FN7O4/c1-23-17-39(27(16-37-23)18-40-12-13-47-22-34(40,4)5)19-29(44)41-20-33(2,3)30-28(41)15-25(14-24-8-10-26(36)11-9-24)31-38-42(21-35(6,7)46)32(45)43(30)31/h8-11,15,23,27,37,46H,12-14,16-22H2,1-7H3/t23-,27-/m1/s1. The molecule has 2 fully saturated rings. The van der Waals surface area contributed by atoms with Gasteiger partial charge in [-0.1, -0.05) is 26.0 Å². The molecule has 6 rings (SSSR count). The molecule has 0 saturated carbocycles. The summed E-state index contributed by atoms with van der Waals surface area (Å²) in [6.45, 7) is 19.3. The number of fused-ring (bicyclic) bond motifs is 3. The molecule has 0 unspecified atom stereocenters. The number of rotatable bonds is 8. The average Bonchev–Trinajstić information content (AvgIpc) is 3.43. The molecular formula is C35H50FN7O4. The number of halogens is 1. The number of aliphatic hydroxyl groups is 1. The summed E-state index contributed by atoms with van der Waals surface area (Å²) in [5.41, 5.74) is 1.38. The van der Waals surface area contributed by atoms with Crippen molar-refractivity contribution in [3.63, 3.8) is 0 Å². The van der Waals surface area contributed by atoms with Gasteiger partial charge in [0.05, 0.1) is 43.3 Å². The van der Waals surface area contributed by atoms with Gasteiger partial charge in [0.15, 0.2) is 5.65 Å². The number of benzene rings is 1. The van der Waals surface area contributed by atoms with Gasteiger partial charge in [0.25, 0.3) is 0 Å². The molecule has 0 spiro atoms. The molecule has 3 aliphatic heterocycles. The fourth-order valence-corrected chi connectivity index (χ4v) is 7.43. The maximum absolute atomic E-state index is 14.4. The topological polar surface area (TPSA) is 108 Å². The van der Waals surface area contributed by atoms with E-state index in [0.717, 1.165) is 43.0 Å². The molecule has 2 saturated heterocycles. The smallest absolute Gasteiger partial charge is 0.350 e. The molecule has 1 aromatic carbocycles. The summed E-state index contributed by atoms with van der Waals surface area (Å²) in [7, 11) is 0. The van der Waals surface area contributed by atoms with Crippen molar-refractivity contribution in [2.75, 3.05) is 57.4 Å². The number of piperazine rings is 1. The zero-order valence-corrected chi connectivity index (χ0v) is 28.8. The van der Waals surface area contributed by atoms with Gasteiger partial charge >= 0.3 is 5.69 Å². The third-order valence-electron chi connectivity index (χ3n) is 9.85. The summed E-state index contributed by atoms with van der Waals surface area (Å²) in [5.74, 6) is -0.337. The molecule has 1 amide bonds. The molecule has 0 bridgehead atoms. The van der Waals surface area contributed by atoms with Gasteiger partial charge in [-0.2, -0.15) is 0 Å². The van der Waals surface area contributed by atoms with Gasteiger partial charge in [-0.15, -0.1) is 5.10 Å². The van der Waals surface area contributed by atoms with Crippen molar-refractivity contribution in [3.8, 4) is 0 Å². The second kappa shape index (κ2) is 12.4. The maximum atomic E-state index is 14.4. The van der Waals surface area contributed by atoms with Crippen LogP contribution >= 0.6 is 0 Å². The van der Waals surface area contributed by atoms with Crippen molar-refractivity contribution in [3.05, 3.63) is 63.5 Å². The van der Waals surface area contributed by atoms with Gasteiger partial charge in [0.2, 0.25) is 5.91 Å². The number of hydrogen-bond acceptors (Lipinski definition) is 8. The number of pyridine rings is 1. The van der Waals surface area contributed by atoms with E-state index in [9.17, 15) is 19.1 Å². The monoisotopic (exact) mass is 651 g/mol. The van der Waals surface area contributed by atoms with Crippen molar-refractivity contribution in [1.82, 2.24) is 29.3 Å². The summed E-state index contributed by atoms with van der Waals surface area (Å²) in [4.78, 5) is 35.0. The van der Waals surface area contributed by atoms with Crippen LogP contribution in [0.2, 0.25) is 0 Å². The quantitative estimate of drug-likeness (QED) is 0.383. The van der Waals surface area contributed by atoms with Crippen molar-refractivity contribution >= 4 is 17.2 Å². The highest BCUT2D eigenvalue weighted by Crippen LogP contribution is 2.42. The van der Waals surface area contributed by atoms with Crippen LogP contribution in [0.4, 0.5) is 10.1 Å². The van der Waals surface area contributed by atoms with Crippen molar-refractivity contribution in [2.45, 2.75) is 90.1 Å². The lowest BCUT2D eigenvalue weighted by Crippen LogP contribution is -2.64. The number of anilines is 1. The van der Waals surface area contributed by atoms with Crippen LogP contribution in [-0.4, -0.2) is 111 Å². The molecule has 0 radical (unpaired) electrons. The first-order chi connectivity index (χ1) is 22.0. The third kappa shape index (κ3) is 6.89. The van der Waals surface area contributed by atoms with Crippen LogP contribution in [0.25, 0.3) is 5.65 Å². The number of hydrogen-bond donors (Lipinski definition) is 2. The van der Waals surface area contributed by atoms with Crippen LogP contribution in [0.1, 0.15) is 65.3 Å². The molecule has 11 nitrogen and oxygen atoms in total. The van der Waals surface area contributed by atoms with E-state index in [4.69, 9.17) is 9.84 Å². The van der Waals surface area contributed by atoms with Crippen molar-refractivity contribution in [1.29, 1.82) is 0 Å². The molecule has 5 heterocycles. The molecule has 0 aliphatic carbocycles. The lowest BCUT2D eigenvalue weighted by Gasteiger charge is -2.47. The Bertz CT molecular complexity index is 1690. The van der Waals surface area contributed by atoms with E-state index < -0.39 is 11.0 Å². The van der Waals surface area contributed by atoms with E-state index >= 15 is 0 Å². The van der Waals surface area contributed by atoms with Gasteiger partial charge in [0.1, 0.15) is 5.82 Å². The van der Waals surface area contributed by atoms with Crippen LogP contribution in [0.15, 0.2) is 35.1 Å². The number of morpholine rings is 1. The van der Waals surface area contributed by atoms with Crippen molar-refractivity contribution in [2.24, 2.45) is 0 Å². The minimum atomic E-state index is -1.16. The predicted molar refractivity (Wildman–Crippen MR) is 180 cm³/mol. The summed E-state index contributed by atoms with van der Waals surface area (Å²) >= 11 is 0. The zero-order valence-electron chi connectivity index (χ0n) is 28.8. The first-order valence-electron chi connectivity index (χ1n) is 16.8. The van der Waals surface area contributed by atoms with Crippen LogP contribution in [0, 0.1) is 5.82 Å². The van der Waals surface area contributed by atoms with Gasteiger partial charge in [-0.25, -0.2) is 18.3 Å². The summed E-state index contributed by atoms with van der Waals surface area (Å²) in [5, 5.41) is 18.9. The predicted octanol–water partition coefficient (Wildman–Crippen LogP) is 2.39. The third-order valence-corrected chi connectivity index (χ3v) is 9.85. The van der Waals surface area contributed by atoms with Crippen molar-refractivity contribution < 1.29 is 19.0 Å². The second-order valence-corrected chi connectivity index (χ2v) is 15.7. The molecule has 2 atom stereocenters. The number of carbonyl (C=O) groups excluding carboxylic acids is 1. The number of carbonyl (C=O) groups is 1. The summed E-state index contributed by atoms with van der Waals surface area (Å²) in [6.07, 6.45) is 0.394. The fourth-order valence-electron chi connectivity index (χ4n) is 7.43. The lowest BCUT2D eigenvalue weighted by molar-refractivity contribution is -0.121. The van der Waals surface area contributed by atoms with E-state index in [1.165, 1.54) is 16.8 Å². The maximum Gasteiger partial charge on any atom is 0.350 e. The van der Waals surface area contributed by atoms with E-state index in [1.54, 1.807) is 30.4 Å². The lowest BCUT2D eigenvalue weighted by atomic mass is 9.90. The highest BCUT2D eigenvalue weighted by Gasteiger charge is 2.43. The highest BCUT2D eigenvalue weighted by atomic mass is 19.1. The molecule has 2 aromatic heterocycles. The first kappa shape index (κ1) is 33.7. The molecule has 3 aliphatic rings. The largest absolute Gasteiger partial charge is 0.389 e. The van der Waals surface area contributed by atoms with E-state index in [0.29, 0.717) is 37.5 Å². The molecule has 3 aromatic rings.